The second kappa shape index (κ2) is 9.06. The molecule has 2 N–H and O–H groups in total. The van der Waals surface area contributed by atoms with Crippen molar-refractivity contribution in [1.82, 2.24) is 9.97 Å². The summed E-state index contributed by atoms with van der Waals surface area (Å²) in [5.74, 6) is 2.22. The van der Waals surface area contributed by atoms with E-state index in [0.29, 0.717) is 12.5 Å². The molecule has 3 rings (SSSR count). The Kier molecular flexibility index (Phi) is 6.28. The molecule has 6 heteroatoms. The normalized spacial score (nSPS) is 10.4. The highest BCUT2D eigenvalue weighted by atomic mass is 35.5. The van der Waals surface area contributed by atoms with Gasteiger partial charge in [-0.05, 0) is 41.8 Å². The summed E-state index contributed by atoms with van der Waals surface area (Å²) < 4.78 is 5.17. The van der Waals surface area contributed by atoms with Crippen molar-refractivity contribution in [2.75, 3.05) is 24.3 Å². The van der Waals surface area contributed by atoms with Gasteiger partial charge in [0, 0.05) is 24.3 Å². The monoisotopic (exact) mass is 368 g/mol. The van der Waals surface area contributed by atoms with Crippen LogP contribution >= 0.6 is 11.6 Å². The summed E-state index contributed by atoms with van der Waals surface area (Å²) in [6, 6.07) is 17.6. The number of benzene rings is 2. The average Bonchev–Trinajstić information content (AvgIpc) is 2.68. The fraction of sp³-hybridized carbons (Fsp3) is 0.200. The molecule has 0 bridgehead atoms. The Morgan fingerprint density at radius 1 is 1.00 bits per heavy atom. The molecule has 0 saturated carbocycles. The minimum Gasteiger partial charge on any atom is -0.497 e. The van der Waals surface area contributed by atoms with Crippen molar-refractivity contribution < 1.29 is 4.74 Å². The lowest BCUT2D eigenvalue weighted by molar-refractivity contribution is 0.414. The van der Waals surface area contributed by atoms with E-state index < -0.39 is 0 Å². The van der Waals surface area contributed by atoms with Crippen LogP contribution in [0.1, 0.15) is 11.1 Å². The highest BCUT2D eigenvalue weighted by Gasteiger charge is 2.02. The smallest absolute Gasteiger partial charge is 0.224 e. The van der Waals surface area contributed by atoms with E-state index in [2.05, 4.69) is 32.7 Å². The Morgan fingerprint density at radius 2 is 1.81 bits per heavy atom. The first-order valence-electron chi connectivity index (χ1n) is 8.42. The maximum Gasteiger partial charge on any atom is 0.224 e. The van der Waals surface area contributed by atoms with Crippen molar-refractivity contribution in [2.24, 2.45) is 0 Å². The predicted molar refractivity (Wildman–Crippen MR) is 106 cm³/mol. The van der Waals surface area contributed by atoms with Crippen molar-refractivity contribution in [3.05, 3.63) is 76.9 Å². The summed E-state index contributed by atoms with van der Waals surface area (Å²) in [5, 5.41) is 7.26. The molecule has 134 valence electrons. The van der Waals surface area contributed by atoms with Crippen molar-refractivity contribution in [3.8, 4) is 5.75 Å². The van der Waals surface area contributed by atoms with Crippen molar-refractivity contribution in [3.63, 3.8) is 0 Å². The number of anilines is 2. The molecule has 0 unspecified atom stereocenters. The number of methoxy groups -OCH3 is 1. The topological polar surface area (TPSA) is 59.1 Å². The third kappa shape index (κ3) is 5.10. The van der Waals surface area contributed by atoms with E-state index in [-0.39, 0.29) is 0 Å². The first kappa shape index (κ1) is 18.0. The fourth-order valence-electron chi connectivity index (χ4n) is 2.49. The second-order valence-corrected chi connectivity index (χ2v) is 6.14. The molecule has 1 heterocycles. The van der Waals surface area contributed by atoms with E-state index in [9.17, 15) is 0 Å². The molecule has 2 aromatic carbocycles. The summed E-state index contributed by atoms with van der Waals surface area (Å²) in [7, 11) is 1.67. The fourth-order valence-corrected chi connectivity index (χ4v) is 2.69. The molecule has 0 fully saturated rings. The third-order valence-electron chi connectivity index (χ3n) is 3.93. The maximum atomic E-state index is 6.17. The van der Waals surface area contributed by atoms with Gasteiger partial charge in [0.25, 0.3) is 0 Å². The number of nitrogens with zero attached hydrogens (tertiary/aromatic N) is 2. The number of hydrogen-bond acceptors (Lipinski definition) is 5. The van der Waals surface area contributed by atoms with Gasteiger partial charge in [0.15, 0.2) is 0 Å². The van der Waals surface area contributed by atoms with Gasteiger partial charge in [0.2, 0.25) is 5.95 Å². The third-order valence-corrected chi connectivity index (χ3v) is 4.30. The molecular weight excluding hydrogens is 348 g/mol. The number of nitrogens with one attached hydrogen (secondary N) is 2. The molecule has 0 aliphatic rings. The molecular formula is C20H21ClN4O. The number of halogens is 1. The summed E-state index contributed by atoms with van der Waals surface area (Å²) in [4.78, 5) is 8.73. The Labute approximate surface area is 158 Å². The van der Waals surface area contributed by atoms with Gasteiger partial charge in [0.05, 0.1) is 7.11 Å². The number of ether oxygens (including phenoxy) is 1. The van der Waals surface area contributed by atoms with E-state index in [1.807, 2.05) is 42.5 Å². The zero-order chi connectivity index (χ0) is 18.2. The Balaban J connectivity index is 1.51. The van der Waals surface area contributed by atoms with Crippen molar-refractivity contribution in [1.29, 1.82) is 0 Å². The molecule has 0 atom stereocenters. The highest BCUT2D eigenvalue weighted by Crippen LogP contribution is 2.16. The van der Waals surface area contributed by atoms with Crippen LogP contribution < -0.4 is 15.4 Å². The molecule has 0 aliphatic heterocycles. The maximum absolute atomic E-state index is 6.17. The Morgan fingerprint density at radius 3 is 2.58 bits per heavy atom. The first-order chi connectivity index (χ1) is 12.7. The highest BCUT2D eigenvalue weighted by molar-refractivity contribution is 6.31. The second-order valence-electron chi connectivity index (χ2n) is 5.74. The van der Waals surface area contributed by atoms with Gasteiger partial charge in [-0.15, -0.1) is 0 Å². The average molecular weight is 369 g/mol. The lowest BCUT2D eigenvalue weighted by Gasteiger charge is -2.09. The molecule has 0 spiro atoms. The van der Waals surface area contributed by atoms with Gasteiger partial charge in [-0.3, -0.25) is 0 Å². The van der Waals surface area contributed by atoms with Crippen LogP contribution in [-0.2, 0) is 13.0 Å². The molecule has 0 saturated heterocycles. The van der Waals surface area contributed by atoms with Gasteiger partial charge in [-0.25, -0.2) is 4.98 Å². The van der Waals surface area contributed by atoms with E-state index >= 15 is 0 Å². The Hall–Kier alpha value is -2.79. The quantitative estimate of drug-likeness (QED) is 0.617. The van der Waals surface area contributed by atoms with E-state index in [1.165, 1.54) is 5.56 Å². The van der Waals surface area contributed by atoms with Crippen LogP contribution in [0.5, 0.6) is 5.75 Å². The summed E-state index contributed by atoms with van der Waals surface area (Å²) >= 11 is 6.17. The number of aromatic nitrogens is 2. The summed E-state index contributed by atoms with van der Waals surface area (Å²) in [6.45, 7) is 1.36. The largest absolute Gasteiger partial charge is 0.497 e. The molecule has 3 aromatic rings. The van der Waals surface area contributed by atoms with Crippen LogP contribution in [0.25, 0.3) is 0 Å². The first-order valence-corrected chi connectivity index (χ1v) is 8.79. The molecule has 5 nitrogen and oxygen atoms in total. The SMILES string of the molecule is COc1ccc(CCNc2ccnc(NCc3ccccc3Cl)n2)cc1. The molecule has 1 aromatic heterocycles. The Bertz CT molecular complexity index is 839. The van der Waals surface area contributed by atoms with E-state index in [4.69, 9.17) is 16.3 Å². The van der Waals surface area contributed by atoms with Gasteiger partial charge >= 0.3 is 0 Å². The van der Waals surface area contributed by atoms with Gasteiger partial charge in [0.1, 0.15) is 11.6 Å². The summed E-state index contributed by atoms with van der Waals surface area (Å²) in [5.41, 5.74) is 2.25. The van der Waals surface area contributed by atoms with Crippen molar-refractivity contribution >= 4 is 23.4 Å². The summed E-state index contributed by atoms with van der Waals surface area (Å²) in [6.07, 6.45) is 2.63. The molecule has 0 amide bonds. The van der Waals surface area contributed by atoms with Crippen LogP contribution in [0, 0.1) is 0 Å². The standard InChI is InChI=1S/C20H21ClN4O/c1-26-17-8-6-15(7-9-17)10-12-22-19-11-13-23-20(25-19)24-14-16-4-2-3-5-18(16)21/h2-9,11,13H,10,12,14H2,1H3,(H2,22,23,24,25). The van der Waals surface area contributed by atoms with Crippen LogP contribution in [0.4, 0.5) is 11.8 Å². The molecule has 26 heavy (non-hydrogen) atoms. The molecule has 0 aliphatic carbocycles. The minimum atomic E-state index is 0.569. The number of rotatable bonds is 8. The lowest BCUT2D eigenvalue weighted by Crippen LogP contribution is -2.09. The molecule has 0 radical (unpaired) electrons. The predicted octanol–water partition coefficient (Wildman–Crippen LogP) is 4.41. The van der Waals surface area contributed by atoms with Crippen LogP contribution in [0.2, 0.25) is 5.02 Å². The minimum absolute atomic E-state index is 0.569. The van der Waals surface area contributed by atoms with Gasteiger partial charge in [-0.1, -0.05) is 41.9 Å². The number of hydrogen-bond donors (Lipinski definition) is 2. The van der Waals surface area contributed by atoms with Crippen LogP contribution in [-0.4, -0.2) is 23.6 Å². The van der Waals surface area contributed by atoms with E-state index in [0.717, 1.165) is 35.1 Å². The zero-order valence-corrected chi connectivity index (χ0v) is 15.3. The van der Waals surface area contributed by atoms with E-state index in [1.54, 1.807) is 13.3 Å². The lowest BCUT2D eigenvalue weighted by atomic mass is 10.1. The van der Waals surface area contributed by atoms with Crippen molar-refractivity contribution in [2.45, 2.75) is 13.0 Å². The van der Waals surface area contributed by atoms with Gasteiger partial charge in [-0.2, -0.15) is 4.98 Å². The zero-order valence-electron chi connectivity index (χ0n) is 14.6. The van der Waals surface area contributed by atoms with Crippen LogP contribution in [0.3, 0.4) is 0 Å². The van der Waals surface area contributed by atoms with Gasteiger partial charge < -0.3 is 15.4 Å². The van der Waals surface area contributed by atoms with Crippen LogP contribution in [0.15, 0.2) is 60.8 Å².